The van der Waals surface area contributed by atoms with E-state index in [2.05, 4.69) is 173 Å². The molecule has 2 aromatic heterocycles. The van der Waals surface area contributed by atoms with Crippen LogP contribution in [0, 0.1) is 5.92 Å². The fourth-order valence-electron chi connectivity index (χ4n) is 8.53. The smallest absolute Gasteiger partial charge is 0.227 e. The summed E-state index contributed by atoms with van der Waals surface area (Å²) in [4.78, 5) is 7.28. The van der Waals surface area contributed by atoms with Gasteiger partial charge in [0, 0.05) is 50.6 Å². The quantitative estimate of drug-likeness (QED) is 0.173. The van der Waals surface area contributed by atoms with Crippen LogP contribution in [0.2, 0.25) is 0 Å². The van der Waals surface area contributed by atoms with Gasteiger partial charge in [-0.05, 0) is 95.1 Å². The van der Waals surface area contributed by atoms with Gasteiger partial charge in [0.25, 0.3) is 0 Å². The fraction of sp³-hybridized carbons (Fsp3) is 0.0392. The first-order chi connectivity index (χ1) is 27.3. The summed E-state index contributed by atoms with van der Waals surface area (Å²) in [6.45, 7) is 0. The van der Waals surface area contributed by atoms with Gasteiger partial charge in [0.1, 0.15) is 5.35 Å². The van der Waals surface area contributed by atoms with Gasteiger partial charge < -0.3 is 13.9 Å². The molecule has 2 heterocycles. The predicted octanol–water partition coefficient (Wildman–Crippen LogP) is 11.5. The molecule has 0 amide bonds. The summed E-state index contributed by atoms with van der Waals surface area (Å²) >= 11 is 0. The minimum atomic E-state index is 0.158. The zero-order valence-corrected chi connectivity index (χ0v) is 30.0. The monoisotopic (exact) mass is 705 g/mol. The second-order valence-corrected chi connectivity index (χ2v) is 14.3. The fourth-order valence-corrected chi connectivity index (χ4v) is 8.53. The molecule has 0 spiro atoms. The summed E-state index contributed by atoms with van der Waals surface area (Å²) in [6.07, 6.45) is 9.95. The van der Waals surface area contributed by atoms with Crippen molar-refractivity contribution in [2.45, 2.75) is 6.42 Å². The molecule has 9 aromatic rings. The van der Waals surface area contributed by atoms with Crippen molar-refractivity contribution in [1.29, 1.82) is 0 Å². The molecule has 11 rings (SSSR count). The van der Waals surface area contributed by atoms with E-state index >= 15 is 0 Å². The lowest BCUT2D eigenvalue weighted by Gasteiger charge is -2.30. The van der Waals surface area contributed by atoms with Gasteiger partial charge in [-0.2, -0.15) is 0 Å². The van der Waals surface area contributed by atoms with Gasteiger partial charge in [-0.25, -0.2) is 4.98 Å². The van der Waals surface area contributed by atoms with Crippen LogP contribution in [-0.2, 0) is 0 Å². The number of rotatable bonds is 6. The molecule has 0 fully saturated rings. The Balaban J connectivity index is 1.06. The molecule has 0 aliphatic heterocycles. The van der Waals surface area contributed by atoms with Gasteiger partial charge in [0.2, 0.25) is 5.89 Å². The molecule has 4 heteroatoms. The third-order valence-electron chi connectivity index (χ3n) is 11.1. The van der Waals surface area contributed by atoms with E-state index in [0.29, 0.717) is 5.89 Å². The number of hydrogen-bond acceptors (Lipinski definition) is 3. The highest BCUT2D eigenvalue weighted by atomic mass is 16.3. The van der Waals surface area contributed by atoms with Crippen LogP contribution in [-0.4, -0.2) is 9.55 Å². The predicted molar refractivity (Wildman–Crippen MR) is 227 cm³/mol. The summed E-state index contributed by atoms with van der Waals surface area (Å²) in [5.41, 5.74) is 12.3. The molecule has 4 nitrogen and oxygen atoms in total. The van der Waals surface area contributed by atoms with Crippen molar-refractivity contribution in [3.8, 4) is 28.3 Å². The van der Waals surface area contributed by atoms with E-state index in [0.717, 1.165) is 45.5 Å². The SMILES string of the molecule is C1=CC2=c3oc(-c4ccccc4)nc3=CCC2C=C1N(c1ccc(-c2cccc3ccccc23)cc1)c1ccc2c(c1)c1ccccc1n2-c1ccccc1. The van der Waals surface area contributed by atoms with Crippen LogP contribution in [0.5, 0.6) is 0 Å². The first kappa shape index (κ1) is 31.4. The van der Waals surface area contributed by atoms with E-state index in [4.69, 9.17) is 9.40 Å². The Bertz CT molecular complexity index is 3110. The van der Waals surface area contributed by atoms with Crippen LogP contribution < -0.4 is 15.7 Å². The minimum Gasteiger partial charge on any atom is -0.436 e. The topological polar surface area (TPSA) is 34.2 Å². The Morgan fingerprint density at radius 1 is 0.582 bits per heavy atom. The molecule has 0 radical (unpaired) electrons. The third-order valence-corrected chi connectivity index (χ3v) is 11.1. The van der Waals surface area contributed by atoms with Crippen molar-refractivity contribution in [2.75, 3.05) is 4.90 Å². The van der Waals surface area contributed by atoms with Gasteiger partial charge in [0.05, 0.1) is 11.0 Å². The second kappa shape index (κ2) is 12.8. The first-order valence-corrected chi connectivity index (χ1v) is 18.9. The molecule has 2 aliphatic rings. The van der Waals surface area contributed by atoms with Crippen molar-refractivity contribution in [2.24, 2.45) is 5.92 Å². The lowest BCUT2D eigenvalue weighted by Crippen LogP contribution is -2.32. The molecule has 55 heavy (non-hydrogen) atoms. The molecular weight excluding hydrogens is 671 g/mol. The molecule has 1 atom stereocenters. The van der Waals surface area contributed by atoms with Gasteiger partial charge >= 0.3 is 0 Å². The highest BCUT2D eigenvalue weighted by Gasteiger charge is 2.25. The summed E-state index contributed by atoms with van der Waals surface area (Å²) < 4.78 is 8.83. The zero-order valence-electron chi connectivity index (χ0n) is 30.0. The van der Waals surface area contributed by atoms with E-state index in [1.54, 1.807) is 0 Å². The lowest BCUT2D eigenvalue weighted by molar-refractivity contribution is 0.531. The Morgan fingerprint density at radius 2 is 1.29 bits per heavy atom. The minimum absolute atomic E-state index is 0.158. The van der Waals surface area contributed by atoms with Crippen molar-refractivity contribution >= 4 is 55.6 Å². The largest absolute Gasteiger partial charge is 0.436 e. The van der Waals surface area contributed by atoms with Crippen molar-refractivity contribution in [1.82, 2.24) is 9.55 Å². The number of nitrogens with zero attached hydrogens (tertiary/aromatic N) is 3. The summed E-state index contributed by atoms with van der Waals surface area (Å²) in [5.74, 6) is 0.819. The Kier molecular flexibility index (Phi) is 7.27. The van der Waals surface area contributed by atoms with Crippen LogP contribution in [0.4, 0.5) is 11.4 Å². The van der Waals surface area contributed by atoms with E-state index in [1.165, 1.54) is 49.3 Å². The average molecular weight is 706 g/mol. The molecule has 7 aromatic carbocycles. The molecular formula is C51H35N3O. The highest BCUT2D eigenvalue weighted by Crippen LogP contribution is 2.41. The average Bonchev–Trinajstić information content (AvgIpc) is 3.84. The van der Waals surface area contributed by atoms with Crippen LogP contribution in [0.3, 0.4) is 0 Å². The van der Waals surface area contributed by atoms with Gasteiger partial charge in [-0.15, -0.1) is 0 Å². The summed E-state index contributed by atoms with van der Waals surface area (Å²) in [6, 6.07) is 60.6. The van der Waals surface area contributed by atoms with E-state index in [9.17, 15) is 0 Å². The Labute approximate surface area is 318 Å². The number of oxazole rings is 1. The highest BCUT2D eigenvalue weighted by molar-refractivity contribution is 6.10. The molecule has 0 saturated heterocycles. The number of allylic oxidation sites excluding steroid dienone is 3. The summed E-state index contributed by atoms with van der Waals surface area (Å²) in [7, 11) is 0. The van der Waals surface area contributed by atoms with E-state index < -0.39 is 0 Å². The second-order valence-electron chi connectivity index (χ2n) is 14.3. The Hall–Kier alpha value is -7.17. The standard InChI is InChI=1S/C51H35N3O/c1-3-13-36(14-4-1)51-52-47-30-24-37-32-40(27-29-44(37)50(47)55-51)53(39-25-22-35(23-26-39)43-20-11-15-34-12-7-8-18-42(34)43)41-28-31-49-46(33-41)45-19-9-10-21-48(45)54(49)38-16-5-2-6-17-38/h1-23,25-33,37H,24H2. The lowest BCUT2D eigenvalue weighted by atomic mass is 9.87. The van der Waals surface area contributed by atoms with Crippen molar-refractivity contribution in [3.63, 3.8) is 0 Å². The molecule has 0 N–H and O–H groups in total. The van der Waals surface area contributed by atoms with E-state index in [1.807, 2.05) is 30.3 Å². The maximum Gasteiger partial charge on any atom is 0.227 e. The number of benzene rings is 7. The number of anilines is 2. The Morgan fingerprint density at radius 3 is 2.15 bits per heavy atom. The van der Waals surface area contributed by atoms with Gasteiger partial charge in [-0.1, -0.05) is 127 Å². The number of aromatic nitrogens is 2. The summed E-state index contributed by atoms with van der Waals surface area (Å²) in [5, 5.41) is 5.87. The van der Waals surface area contributed by atoms with Crippen LogP contribution in [0.1, 0.15) is 6.42 Å². The zero-order chi connectivity index (χ0) is 36.3. The van der Waals surface area contributed by atoms with E-state index in [-0.39, 0.29) is 5.92 Å². The van der Waals surface area contributed by atoms with Crippen molar-refractivity contribution < 1.29 is 4.42 Å². The number of para-hydroxylation sites is 2. The first-order valence-electron chi connectivity index (χ1n) is 18.9. The van der Waals surface area contributed by atoms with Crippen LogP contribution in [0.15, 0.2) is 198 Å². The number of fused-ring (bicyclic) bond motifs is 6. The maximum atomic E-state index is 6.46. The molecule has 2 aliphatic carbocycles. The molecule has 1 unspecified atom stereocenters. The third kappa shape index (κ3) is 5.25. The molecule has 260 valence electrons. The van der Waals surface area contributed by atoms with Gasteiger partial charge in [0.15, 0.2) is 5.42 Å². The van der Waals surface area contributed by atoms with Crippen LogP contribution in [0.25, 0.3) is 72.5 Å². The maximum absolute atomic E-state index is 6.46. The van der Waals surface area contributed by atoms with Crippen molar-refractivity contribution in [3.05, 3.63) is 205 Å². The molecule has 0 saturated carbocycles. The van der Waals surface area contributed by atoms with Crippen LogP contribution >= 0.6 is 0 Å². The number of hydrogen-bond donors (Lipinski definition) is 0. The van der Waals surface area contributed by atoms with Gasteiger partial charge in [-0.3, -0.25) is 0 Å². The molecule has 0 bridgehead atoms. The normalized spacial score (nSPS) is 14.8.